The summed E-state index contributed by atoms with van der Waals surface area (Å²) < 4.78 is 26.2. The van der Waals surface area contributed by atoms with Crippen LogP contribution >= 0.6 is 0 Å². The van der Waals surface area contributed by atoms with Gasteiger partial charge in [0.15, 0.2) is 0 Å². The van der Waals surface area contributed by atoms with Gasteiger partial charge >= 0.3 is 0 Å². The van der Waals surface area contributed by atoms with Gasteiger partial charge in [0.25, 0.3) is 0 Å². The Morgan fingerprint density at radius 2 is 1.71 bits per heavy atom. The molecule has 0 amide bonds. The summed E-state index contributed by atoms with van der Waals surface area (Å²) in [5.41, 5.74) is 3.37. The lowest BCUT2D eigenvalue weighted by atomic mass is 10.1. The normalized spacial score (nSPS) is 10.8. The van der Waals surface area contributed by atoms with Crippen LogP contribution in [0.5, 0.6) is 0 Å². The molecule has 1 N–H and O–H groups in total. The van der Waals surface area contributed by atoms with E-state index in [1.807, 2.05) is 37.3 Å². The van der Waals surface area contributed by atoms with Gasteiger partial charge in [0.05, 0.1) is 5.52 Å². The number of nitrogens with zero attached hydrogens (tertiary/aromatic N) is 1. The Labute approximate surface area is 121 Å². The molecule has 0 aliphatic carbocycles. The Kier molecular flexibility index (Phi) is 3.52. The zero-order valence-electron chi connectivity index (χ0n) is 11.5. The fraction of sp³-hybridized carbons (Fsp3) is 0.118. The molecule has 0 saturated carbocycles. The van der Waals surface area contributed by atoms with Crippen LogP contribution in [0, 0.1) is 18.6 Å². The predicted octanol–water partition coefficient (Wildman–Crippen LogP) is 4.43. The van der Waals surface area contributed by atoms with Crippen molar-refractivity contribution in [2.45, 2.75) is 13.5 Å². The zero-order valence-corrected chi connectivity index (χ0v) is 11.5. The minimum atomic E-state index is -0.587. The van der Waals surface area contributed by atoms with Crippen molar-refractivity contribution in [2.75, 3.05) is 5.32 Å². The van der Waals surface area contributed by atoms with Gasteiger partial charge in [-0.05, 0) is 42.8 Å². The highest BCUT2D eigenvalue weighted by Gasteiger charge is 2.02. The van der Waals surface area contributed by atoms with Crippen LogP contribution in [0.4, 0.5) is 14.5 Å². The molecular weight excluding hydrogens is 270 g/mol. The van der Waals surface area contributed by atoms with E-state index in [9.17, 15) is 8.78 Å². The first-order valence-corrected chi connectivity index (χ1v) is 6.66. The van der Waals surface area contributed by atoms with Gasteiger partial charge in [-0.1, -0.05) is 12.1 Å². The average molecular weight is 284 g/mol. The lowest BCUT2D eigenvalue weighted by Crippen LogP contribution is -2.00. The summed E-state index contributed by atoms with van der Waals surface area (Å²) >= 11 is 0. The van der Waals surface area contributed by atoms with Crippen molar-refractivity contribution >= 4 is 16.6 Å². The molecule has 3 rings (SSSR count). The highest BCUT2D eigenvalue weighted by Crippen LogP contribution is 2.17. The van der Waals surface area contributed by atoms with E-state index in [0.717, 1.165) is 28.2 Å². The van der Waals surface area contributed by atoms with Crippen molar-refractivity contribution < 1.29 is 8.78 Å². The van der Waals surface area contributed by atoms with E-state index in [1.54, 1.807) is 0 Å². The van der Waals surface area contributed by atoms with Crippen LogP contribution in [0.2, 0.25) is 0 Å². The maximum absolute atomic E-state index is 13.1. The first-order chi connectivity index (χ1) is 10.1. The van der Waals surface area contributed by atoms with Crippen molar-refractivity contribution in [1.29, 1.82) is 0 Å². The number of aromatic nitrogens is 1. The van der Waals surface area contributed by atoms with Crippen molar-refractivity contribution in [3.05, 3.63) is 71.4 Å². The van der Waals surface area contributed by atoms with Gasteiger partial charge in [-0.2, -0.15) is 0 Å². The molecule has 0 saturated heterocycles. The maximum atomic E-state index is 13.1. The van der Waals surface area contributed by atoms with Crippen molar-refractivity contribution in [3.63, 3.8) is 0 Å². The number of fused-ring (bicyclic) bond motifs is 1. The molecule has 0 aliphatic rings. The fourth-order valence-electron chi connectivity index (χ4n) is 2.25. The molecule has 21 heavy (non-hydrogen) atoms. The summed E-state index contributed by atoms with van der Waals surface area (Å²) in [5, 5.41) is 4.06. The Bertz CT molecular complexity index is 780. The summed E-state index contributed by atoms with van der Waals surface area (Å²) in [6.07, 6.45) is 0. The number of rotatable bonds is 3. The first-order valence-electron chi connectivity index (χ1n) is 6.66. The van der Waals surface area contributed by atoms with Gasteiger partial charge in [0, 0.05) is 29.4 Å². The summed E-state index contributed by atoms with van der Waals surface area (Å²) in [5.74, 6) is -1.17. The lowest BCUT2D eigenvalue weighted by molar-refractivity contribution is 0.584. The van der Waals surface area contributed by atoms with Crippen LogP contribution in [0.1, 0.15) is 11.3 Å². The fourth-order valence-corrected chi connectivity index (χ4v) is 2.25. The second-order valence-electron chi connectivity index (χ2n) is 4.99. The number of pyridine rings is 1. The van der Waals surface area contributed by atoms with E-state index in [-0.39, 0.29) is 0 Å². The van der Waals surface area contributed by atoms with Crippen molar-refractivity contribution in [1.82, 2.24) is 4.98 Å². The number of anilines is 1. The smallest absolute Gasteiger partial charge is 0.128 e. The van der Waals surface area contributed by atoms with E-state index in [4.69, 9.17) is 0 Å². The molecule has 4 heteroatoms. The molecule has 1 aromatic heterocycles. The van der Waals surface area contributed by atoms with Crippen LogP contribution in [-0.4, -0.2) is 4.98 Å². The van der Waals surface area contributed by atoms with Gasteiger partial charge in [-0.25, -0.2) is 8.78 Å². The summed E-state index contributed by atoms with van der Waals surface area (Å²) in [7, 11) is 0. The lowest BCUT2D eigenvalue weighted by Gasteiger charge is -2.08. The number of benzene rings is 2. The third-order valence-corrected chi connectivity index (χ3v) is 3.25. The van der Waals surface area contributed by atoms with Crippen LogP contribution in [0.15, 0.2) is 48.5 Å². The van der Waals surface area contributed by atoms with Crippen molar-refractivity contribution in [2.24, 2.45) is 0 Å². The van der Waals surface area contributed by atoms with E-state index < -0.39 is 11.6 Å². The molecule has 0 atom stereocenters. The first kappa shape index (κ1) is 13.5. The number of hydrogen-bond acceptors (Lipinski definition) is 2. The SMILES string of the molecule is Cc1ccc2cc(CNc3cc(F)cc(F)c3)ccc2n1. The molecule has 0 bridgehead atoms. The third-order valence-electron chi connectivity index (χ3n) is 3.25. The molecule has 1 heterocycles. The molecule has 0 spiro atoms. The van der Waals surface area contributed by atoms with Crippen LogP contribution in [0.25, 0.3) is 10.9 Å². The Morgan fingerprint density at radius 3 is 2.48 bits per heavy atom. The van der Waals surface area contributed by atoms with E-state index >= 15 is 0 Å². The van der Waals surface area contributed by atoms with E-state index in [0.29, 0.717) is 12.2 Å². The van der Waals surface area contributed by atoms with Crippen LogP contribution in [-0.2, 0) is 6.54 Å². The standard InChI is InChI=1S/C17H14F2N2/c1-11-2-4-13-6-12(3-5-17(13)21-11)10-20-16-8-14(18)7-15(19)9-16/h2-9,20H,10H2,1H3. The van der Waals surface area contributed by atoms with Crippen LogP contribution in [0.3, 0.4) is 0 Å². The molecular formula is C17H14F2N2. The Hall–Kier alpha value is -2.49. The Balaban J connectivity index is 1.80. The minimum Gasteiger partial charge on any atom is -0.381 e. The van der Waals surface area contributed by atoms with Gasteiger partial charge < -0.3 is 5.32 Å². The van der Waals surface area contributed by atoms with Gasteiger partial charge in [0.1, 0.15) is 11.6 Å². The highest BCUT2D eigenvalue weighted by atomic mass is 19.1. The maximum Gasteiger partial charge on any atom is 0.128 e. The second kappa shape index (κ2) is 5.48. The number of halogens is 2. The largest absolute Gasteiger partial charge is 0.381 e. The average Bonchev–Trinajstić information content (AvgIpc) is 2.44. The zero-order chi connectivity index (χ0) is 14.8. The number of aryl methyl sites for hydroxylation is 1. The topological polar surface area (TPSA) is 24.9 Å². The molecule has 0 unspecified atom stereocenters. The molecule has 106 valence electrons. The number of nitrogens with one attached hydrogen (secondary N) is 1. The summed E-state index contributed by atoms with van der Waals surface area (Å²) in [6.45, 7) is 2.44. The van der Waals surface area contributed by atoms with Crippen LogP contribution < -0.4 is 5.32 Å². The molecule has 0 fully saturated rings. The monoisotopic (exact) mass is 284 g/mol. The predicted molar refractivity (Wildman–Crippen MR) is 80.2 cm³/mol. The second-order valence-corrected chi connectivity index (χ2v) is 4.99. The Morgan fingerprint density at radius 1 is 0.952 bits per heavy atom. The molecule has 2 aromatic carbocycles. The quantitative estimate of drug-likeness (QED) is 0.769. The summed E-state index contributed by atoms with van der Waals surface area (Å²) in [6, 6.07) is 13.3. The van der Waals surface area contributed by atoms with E-state index in [1.165, 1.54) is 12.1 Å². The summed E-state index contributed by atoms with van der Waals surface area (Å²) in [4.78, 5) is 4.44. The van der Waals surface area contributed by atoms with Gasteiger partial charge in [0.2, 0.25) is 0 Å². The molecule has 0 radical (unpaired) electrons. The van der Waals surface area contributed by atoms with Crippen molar-refractivity contribution in [3.8, 4) is 0 Å². The van der Waals surface area contributed by atoms with E-state index in [2.05, 4.69) is 10.3 Å². The third kappa shape index (κ3) is 3.16. The molecule has 2 nitrogen and oxygen atoms in total. The van der Waals surface area contributed by atoms with Gasteiger partial charge in [-0.15, -0.1) is 0 Å². The van der Waals surface area contributed by atoms with Gasteiger partial charge in [-0.3, -0.25) is 4.98 Å². The number of hydrogen-bond donors (Lipinski definition) is 1. The molecule has 0 aliphatic heterocycles. The minimum absolute atomic E-state index is 0.426. The highest BCUT2D eigenvalue weighted by molar-refractivity contribution is 5.79. The molecule has 3 aromatic rings.